The van der Waals surface area contributed by atoms with E-state index in [-0.39, 0.29) is 11.5 Å². The standard InChI is InChI=1S/C18H17F3O2/c1-11(2)14-8-12(3)9-16(10-14)23-17(22)13-4-6-15(7-5-13)18(19,20)21/h4-11H,1-3H3. The number of hydrogen-bond donors (Lipinski definition) is 0. The van der Waals surface area contributed by atoms with Gasteiger partial charge in [0.15, 0.2) is 0 Å². The molecule has 0 aliphatic heterocycles. The molecule has 0 atom stereocenters. The maximum absolute atomic E-state index is 12.5. The fourth-order valence-electron chi connectivity index (χ4n) is 2.13. The van der Waals surface area contributed by atoms with E-state index in [1.165, 1.54) is 0 Å². The van der Waals surface area contributed by atoms with Gasteiger partial charge in [-0.05, 0) is 60.4 Å². The highest BCUT2D eigenvalue weighted by atomic mass is 19.4. The van der Waals surface area contributed by atoms with Gasteiger partial charge in [-0.25, -0.2) is 4.79 Å². The highest BCUT2D eigenvalue weighted by Gasteiger charge is 2.30. The number of rotatable bonds is 3. The van der Waals surface area contributed by atoms with E-state index in [1.54, 1.807) is 12.1 Å². The molecule has 0 aliphatic rings. The Morgan fingerprint density at radius 2 is 1.65 bits per heavy atom. The minimum atomic E-state index is -4.43. The summed E-state index contributed by atoms with van der Waals surface area (Å²) in [6.07, 6.45) is -4.43. The molecule has 0 saturated heterocycles. The van der Waals surface area contributed by atoms with E-state index in [9.17, 15) is 18.0 Å². The average Bonchev–Trinajstić information content (AvgIpc) is 2.45. The SMILES string of the molecule is Cc1cc(OC(=O)c2ccc(C(F)(F)F)cc2)cc(C(C)C)c1. The Labute approximate surface area is 132 Å². The second kappa shape index (κ2) is 6.44. The third-order valence-electron chi connectivity index (χ3n) is 3.40. The van der Waals surface area contributed by atoms with Crippen molar-refractivity contribution in [3.8, 4) is 5.75 Å². The molecular weight excluding hydrogens is 305 g/mol. The number of ether oxygens (including phenoxy) is 1. The summed E-state index contributed by atoms with van der Waals surface area (Å²) in [4.78, 5) is 12.1. The van der Waals surface area contributed by atoms with E-state index in [4.69, 9.17) is 4.74 Å². The molecule has 0 heterocycles. The molecular formula is C18H17F3O2. The van der Waals surface area contributed by atoms with E-state index in [2.05, 4.69) is 0 Å². The summed E-state index contributed by atoms with van der Waals surface area (Å²) in [5.74, 6) is -0.0175. The predicted octanol–water partition coefficient (Wildman–Crippen LogP) is 5.36. The molecule has 2 aromatic rings. The lowest BCUT2D eigenvalue weighted by Crippen LogP contribution is -2.10. The van der Waals surface area contributed by atoms with E-state index in [0.29, 0.717) is 5.75 Å². The molecule has 122 valence electrons. The van der Waals surface area contributed by atoms with Crippen LogP contribution in [0.25, 0.3) is 0 Å². The summed E-state index contributed by atoms with van der Waals surface area (Å²) in [5.41, 5.74) is 1.25. The Morgan fingerprint density at radius 3 is 2.17 bits per heavy atom. The molecule has 0 unspecified atom stereocenters. The zero-order chi connectivity index (χ0) is 17.2. The van der Waals surface area contributed by atoms with Gasteiger partial charge in [0.05, 0.1) is 11.1 Å². The molecule has 0 radical (unpaired) electrons. The third kappa shape index (κ3) is 4.34. The topological polar surface area (TPSA) is 26.3 Å². The van der Waals surface area contributed by atoms with Gasteiger partial charge in [0.1, 0.15) is 5.75 Å². The molecule has 5 heteroatoms. The number of carbonyl (C=O) groups excluding carboxylic acids is 1. The molecule has 0 N–H and O–H groups in total. The van der Waals surface area contributed by atoms with Gasteiger partial charge >= 0.3 is 12.1 Å². The number of aryl methyl sites for hydroxylation is 1. The molecule has 0 spiro atoms. The number of halogens is 3. The summed E-state index contributed by atoms with van der Waals surface area (Å²) >= 11 is 0. The lowest BCUT2D eigenvalue weighted by Gasteiger charge is -2.11. The number of alkyl halides is 3. The Hall–Kier alpha value is -2.30. The van der Waals surface area contributed by atoms with Crippen LogP contribution in [0.3, 0.4) is 0 Å². The zero-order valence-corrected chi connectivity index (χ0v) is 13.1. The van der Waals surface area contributed by atoms with Gasteiger partial charge in [-0.15, -0.1) is 0 Å². The average molecular weight is 322 g/mol. The van der Waals surface area contributed by atoms with Crippen molar-refractivity contribution in [2.24, 2.45) is 0 Å². The summed E-state index contributed by atoms with van der Waals surface area (Å²) in [7, 11) is 0. The number of esters is 1. The zero-order valence-electron chi connectivity index (χ0n) is 13.1. The Balaban J connectivity index is 2.19. The largest absolute Gasteiger partial charge is 0.423 e. The van der Waals surface area contributed by atoms with Gasteiger partial charge in [0.25, 0.3) is 0 Å². The molecule has 0 bridgehead atoms. The van der Waals surface area contributed by atoms with Crippen LogP contribution in [0.2, 0.25) is 0 Å². The molecule has 2 aromatic carbocycles. The van der Waals surface area contributed by atoms with Crippen LogP contribution < -0.4 is 4.74 Å². The quantitative estimate of drug-likeness (QED) is 0.562. The van der Waals surface area contributed by atoms with Crippen molar-refractivity contribution in [2.45, 2.75) is 32.9 Å². The van der Waals surface area contributed by atoms with Crippen molar-refractivity contribution < 1.29 is 22.7 Å². The maximum atomic E-state index is 12.5. The highest BCUT2D eigenvalue weighted by Crippen LogP contribution is 2.29. The third-order valence-corrected chi connectivity index (χ3v) is 3.40. The van der Waals surface area contributed by atoms with E-state index in [1.807, 2.05) is 26.8 Å². The first kappa shape index (κ1) is 17.1. The molecule has 0 saturated carbocycles. The lowest BCUT2D eigenvalue weighted by molar-refractivity contribution is -0.137. The first-order valence-electron chi connectivity index (χ1n) is 7.18. The fraction of sp³-hybridized carbons (Fsp3) is 0.278. The summed E-state index contributed by atoms with van der Waals surface area (Å²) < 4.78 is 42.8. The van der Waals surface area contributed by atoms with Crippen molar-refractivity contribution in [2.75, 3.05) is 0 Å². The minimum Gasteiger partial charge on any atom is -0.423 e. The van der Waals surface area contributed by atoms with Gasteiger partial charge in [0.2, 0.25) is 0 Å². The van der Waals surface area contributed by atoms with Crippen LogP contribution >= 0.6 is 0 Å². The summed E-state index contributed by atoms with van der Waals surface area (Å²) in [5, 5.41) is 0. The number of hydrogen-bond acceptors (Lipinski definition) is 2. The Kier molecular flexibility index (Phi) is 4.78. The highest BCUT2D eigenvalue weighted by molar-refractivity contribution is 5.91. The van der Waals surface area contributed by atoms with E-state index in [0.717, 1.165) is 35.4 Å². The molecule has 0 amide bonds. The first-order chi connectivity index (χ1) is 10.7. The Bertz CT molecular complexity index is 701. The summed E-state index contributed by atoms with van der Waals surface area (Å²) in [6.45, 7) is 5.94. The molecule has 2 nitrogen and oxygen atoms in total. The molecule has 0 aromatic heterocycles. The second-order valence-corrected chi connectivity index (χ2v) is 5.70. The van der Waals surface area contributed by atoms with Crippen molar-refractivity contribution >= 4 is 5.97 Å². The summed E-state index contributed by atoms with van der Waals surface area (Å²) in [6, 6.07) is 9.45. The molecule has 0 fully saturated rings. The molecule has 0 aliphatic carbocycles. The van der Waals surface area contributed by atoms with Gasteiger partial charge in [-0.3, -0.25) is 0 Å². The van der Waals surface area contributed by atoms with Crippen LogP contribution in [0.4, 0.5) is 13.2 Å². The maximum Gasteiger partial charge on any atom is 0.416 e. The lowest BCUT2D eigenvalue weighted by atomic mass is 10.0. The smallest absolute Gasteiger partial charge is 0.416 e. The van der Waals surface area contributed by atoms with Gasteiger partial charge in [-0.1, -0.05) is 19.9 Å². The van der Waals surface area contributed by atoms with Gasteiger partial charge in [0, 0.05) is 0 Å². The van der Waals surface area contributed by atoms with Crippen LogP contribution in [-0.2, 0) is 6.18 Å². The molecule has 23 heavy (non-hydrogen) atoms. The predicted molar refractivity (Wildman–Crippen MR) is 81.7 cm³/mol. The fourth-order valence-corrected chi connectivity index (χ4v) is 2.13. The minimum absolute atomic E-state index is 0.0746. The van der Waals surface area contributed by atoms with E-state index < -0.39 is 17.7 Å². The number of benzene rings is 2. The molecule has 2 rings (SSSR count). The second-order valence-electron chi connectivity index (χ2n) is 5.70. The normalized spacial score (nSPS) is 11.6. The van der Waals surface area contributed by atoms with Crippen molar-refractivity contribution in [3.63, 3.8) is 0 Å². The number of carbonyl (C=O) groups is 1. The van der Waals surface area contributed by atoms with Crippen molar-refractivity contribution in [1.82, 2.24) is 0 Å². The van der Waals surface area contributed by atoms with Crippen LogP contribution in [0.1, 0.15) is 46.8 Å². The van der Waals surface area contributed by atoms with Crippen LogP contribution in [0.5, 0.6) is 5.75 Å². The van der Waals surface area contributed by atoms with Gasteiger partial charge < -0.3 is 4.74 Å². The van der Waals surface area contributed by atoms with Crippen LogP contribution in [0, 0.1) is 6.92 Å². The van der Waals surface area contributed by atoms with E-state index >= 15 is 0 Å². The first-order valence-corrected chi connectivity index (χ1v) is 7.18. The van der Waals surface area contributed by atoms with Crippen LogP contribution in [0.15, 0.2) is 42.5 Å². The van der Waals surface area contributed by atoms with Crippen molar-refractivity contribution in [1.29, 1.82) is 0 Å². The van der Waals surface area contributed by atoms with Gasteiger partial charge in [-0.2, -0.15) is 13.2 Å². The Morgan fingerprint density at radius 1 is 1.04 bits per heavy atom. The van der Waals surface area contributed by atoms with Crippen LogP contribution in [-0.4, -0.2) is 5.97 Å². The monoisotopic (exact) mass is 322 g/mol. The van der Waals surface area contributed by atoms with Crippen molar-refractivity contribution in [3.05, 3.63) is 64.7 Å².